The fraction of sp³-hybridized carbons (Fsp3) is 0.438. The Bertz CT molecular complexity index is 919. The normalized spacial score (nSPS) is 17.6. The smallest absolute Gasteiger partial charge is 0.280 e. The van der Waals surface area contributed by atoms with E-state index >= 15 is 0 Å². The highest BCUT2D eigenvalue weighted by Gasteiger charge is 2.27. The molecule has 1 fully saturated rings. The lowest BCUT2D eigenvalue weighted by molar-refractivity contribution is 0.0677. The number of amides is 1. The van der Waals surface area contributed by atoms with E-state index in [1.807, 2.05) is 11.8 Å². The van der Waals surface area contributed by atoms with Crippen molar-refractivity contribution in [3.05, 3.63) is 33.4 Å². The minimum atomic E-state index is 0.0106. The molecule has 0 aliphatic carbocycles. The van der Waals surface area contributed by atoms with E-state index in [1.165, 1.54) is 11.3 Å². The number of likely N-dealkylation sites (tertiary alicyclic amines) is 1. The third-order valence-corrected chi connectivity index (χ3v) is 5.57. The van der Waals surface area contributed by atoms with Crippen LogP contribution in [-0.4, -0.2) is 49.0 Å². The van der Waals surface area contributed by atoms with Crippen molar-refractivity contribution in [3.63, 3.8) is 0 Å². The number of nitrogens with zero attached hydrogens (tertiary/aromatic N) is 6. The fourth-order valence-corrected chi connectivity index (χ4v) is 4.01. The summed E-state index contributed by atoms with van der Waals surface area (Å²) >= 11 is 7.25. The predicted octanol–water partition coefficient (Wildman–Crippen LogP) is 3.08. The van der Waals surface area contributed by atoms with Gasteiger partial charge in [0.25, 0.3) is 11.8 Å². The largest absolute Gasteiger partial charge is 0.336 e. The van der Waals surface area contributed by atoms with Crippen LogP contribution >= 0.6 is 22.9 Å². The molecule has 1 saturated heterocycles. The second-order valence-corrected chi connectivity index (χ2v) is 7.82. The molecule has 8 nitrogen and oxygen atoms in total. The average molecular weight is 393 g/mol. The van der Waals surface area contributed by atoms with Gasteiger partial charge in [0.05, 0.1) is 21.5 Å². The quantitative estimate of drug-likeness (QED) is 0.677. The number of halogens is 1. The summed E-state index contributed by atoms with van der Waals surface area (Å²) < 4.78 is 7.61. The number of hydrogen-bond acceptors (Lipinski definition) is 7. The van der Waals surface area contributed by atoms with Crippen LogP contribution in [0.1, 0.15) is 41.3 Å². The summed E-state index contributed by atoms with van der Waals surface area (Å²) in [6.07, 6.45) is 4.34. The molecule has 10 heteroatoms. The minimum absolute atomic E-state index is 0.0106. The number of carbonyl (C=O) groups is 1. The third-order valence-electron chi connectivity index (χ3n) is 4.36. The van der Waals surface area contributed by atoms with E-state index in [0.717, 1.165) is 19.4 Å². The molecule has 0 saturated carbocycles. The summed E-state index contributed by atoms with van der Waals surface area (Å²) in [6.45, 7) is 3.27. The van der Waals surface area contributed by atoms with Crippen molar-refractivity contribution >= 4 is 28.8 Å². The van der Waals surface area contributed by atoms with Crippen LogP contribution in [0, 0.1) is 0 Å². The number of aryl methyl sites for hydroxylation is 1. The Hall–Kier alpha value is -2.26. The van der Waals surface area contributed by atoms with Gasteiger partial charge >= 0.3 is 0 Å². The predicted molar refractivity (Wildman–Crippen MR) is 96.2 cm³/mol. The summed E-state index contributed by atoms with van der Waals surface area (Å²) in [5, 5.41) is 12.2. The summed E-state index contributed by atoms with van der Waals surface area (Å²) in [4.78, 5) is 19.4. The van der Waals surface area contributed by atoms with Crippen LogP contribution < -0.4 is 0 Å². The van der Waals surface area contributed by atoms with Gasteiger partial charge in [0.1, 0.15) is 0 Å². The molecule has 1 amide bonds. The van der Waals surface area contributed by atoms with E-state index in [4.69, 9.17) is 16.1 Å². The number of aromatic nitrogens is 5. The van der Waals surface area contributed by atoms with E-state index < -0.39 is 0 Å². The Balaban J connectivity index is 1.48. The van der Waals surface area contributed by atoms with Crippen LogP contribution in [-0.2, 0) is 6.42 Å². The number of hydrogen-bond donors (Lipinski definition) is 0. The standard InChI is InChI=1S/C16H17ClN6O2S/c1-2-14-18-15(25-20-14)11-9-23(21-19-11)10-4-3-7-22(8-10)16(24)12-5-6-13(17)26-12/h5-6,9-10H,2-4,7-8H2,1H3. The van der Waals surface area contributed by atoms with E-state index in [2.05, 4.69) is 20.5 Å². The van der Waals surface area contributed by atoms with Gasteiger partial charge in [0.2, 0.25) is 0 Å². The van der Waals surface area contributed by atoms with Gasteiger partial charge in [-0.1, -0.05) is 28.9 Å². The molecule has 3 aromatic rings. The zero-order valence-electron chi connectivity index (χ0n) is 14.1. The molecule has 1 aliphatic rings. The molecule has 26 heavy (non-hydrogen) atoms. The van der Waals surface area contributed by atoms with Crippen molar-refractivity contribution in [1.82, 2.24) is 30.0 Å². The fourth-order valence-electron chi connectivity index (χ4n) is 2.99. The number of piperidine rings is 1. The second kappa shape index (κ2) is 7.16. The number of rotatable bonds is 4. The first kappa shape index (κ1) is 17.2. The van der Waals surface area contributed by atoms with E-state index in [-0.39, 0.29) is 11.9 Å². The number of carbonyl (C=O) groups excluding carboxylic acids is 1. The Kier molecular flexibility index (Phi) is 4.73. The highest BCUT2D eigenvalue weighted by atomic mass is 35.5. The Morgan fingerprint density at radius 2 is 2.35 bits per heavy atom. The van der Waals surface area contributed by atoms with Gasteiger partial charge in [-0.2, -0.15) is 4.98 Å². The summed E-state index contributed by atoms with van der Waals surface area (Å²) in [6, 6.07) is 3.59. The highest BCUT2D eigenvalue weighted by molar-refractivity contribution is 7.17. The molecule has 4 heterocycles. The molecule has 1 aliphatic heterocycles. The van der Waals surface area contributed by atoms with Crippen molar-refractivity contribution in [2.75, 3.05) is 13.1 Å². The SMILES string of the molecule is CCc1noc(-c2cn(C3CCCN(C(=O)c4ccc(Cl)s4)C3)nn2)n1. The van der Waals surface area contributed by atoms with Crippen LogP contribution in [0.15, 0.2) is 22.9 Å². The van der Waals surface area contributed by atoms with Crippen molar-refractivity contribution in [2.45, 2.75) is 32.2 Å². The van der Waals surface area contributed by atoms with Crippen molar-refractivity contribution < 1.29 is 9.32 Å². The first-order valence-electron chi connectivity index (χ1n) is 8.43. The first-order chi connectivity index (χ1) is 12.6. The van der Waals surface area contributed by atoms with Gasteiger partial charge in [-0.05, 0) is 25.0 Å². The van der Waals surface area contributed by atoms with Gasteiger partial charge in [-0.3, -0.25) is 4.79 Å². The van der Waals surface area contributed by atoms with Crippen molar-refractivity contribution in [1.29, 1.82) is 0 Å². The third kappa shape index (κ3) is 3.36. The number of thiophene rings is 1. The van der Waals surface area contributed by atoms with Crippen LogP contribution in [0.5, 0.6) is 0 Å². The molecule has 0 spiro atoms. The van der Waals surface area contributed by atoms with Gasteiger partial charge in [-0.15, -0.1) is 16.4 Å². The van der Waals surface area contributed by atoms with Crippen LogP contribution in [0.3, 0.4) is 0 Å². The van der Waals surface area contributed by atoms with E-state index in [0.29, 0.717) is 39.6 Å². The van der Waals surface area contributed by atoms with Crippen LogP contribution in [0.25, 0.3) is 11.6 Å². The summed E-state index contributed by atoms with van der Waals surface area (Å²) in [5.41, 5.74) is 0.547. The molecule has 0 N–H and O–H groups in total. The topological polar surface area (TPSA) is 89.9 Å². The molecule has 136 valence electrons. The maximum absolute atomic E-state index is 12.7. The molecule has 1 atom stereocenters. The van der Waals surface area contributed by atoms with Crippen LogP contribution in [0.4, 0.5) is 0 Å². The lowest BCUT2D eigenvalue weighted by Gasteiger charge is -2.32. The van der Waals surface area contributed by atoms with Gasteiger partial charge in [-0.25, -0.2) is 4.68 Å². The van der Waals surface area contributed by atoms with E-state index in [1.54, 1.807) is 23.0 Å². The van der Waals surface area contributed by atoms with E-state index in [9.17, 15) is 4.79 Å². The molecule has 0 radical (unpaired) electrons. The van der Waals surface area contributed by atoms with Gasteiger partial charge < -0.3 is 9.42 Å². The molecule has 4 rings (SSSR count). The second-order valence-electron chi connectivity index (χ2n) is 6.10. The molecular formula is C16H17ClN6O2S. The Morgan fingerprint density at radius 1 is 1.46 bits per heavy atom. The Labute approximate surface area is 158 Å². The summed E-state index contributed by atoms with van der Waals surface area (Å²) in [7, 11) is 0. The lowest BCUT2D eigenvalue weighted by Crippen LogP contribution is -2.40. The maximum Gasteiger partial charge on any atom is 0.280 e. The zero-order valence-corrected chi connectivity index (χ0v) is 15.7. The first-order valence-corrected chi connectivity index (χ1v) is 9.63. The van der Waals surface area contributed by atoms with Gasteiger partial charge in [0, 0.05) is 19.5 Å². The minimum Gasteiger partial charge on any atom is -0.336 e. The monoisotopic (exact) mass is 392 g/mol. The van der Waals surface area contributed by atoms with Crippen molar-refractivity contribution in [3.8, 4) is 11.6 Å². The van der Waals surface area contributed by atoms with Crippen molar-refractivity contribution in [2.24, 2.45) is 0 Å². The highest BCUT2D eigenvalue weighted by Crippen LogP contribution is 2.27. The van der Waals surface area contributed by atoms with Gasteiger partial charge in [0.15, 0.2) is 11.5 Å². The maximum atomic E-state index is 12.7. The Morgan fingerprint density at radius 3 is 3.08 bits per heavy atom. The lowest BCUT2D eigenvalue weighted by atomic mass is 10.1. The molecule has 0 bridgehead atoms. The van der Waals surface area contributed by atoms with Crippen LogP contribution in [0.2, 0.25) is 4.34 Å². The summed E-state index contributed by atoms with van der Waals surface area (Å²) in [5.74, 6) is 1.01. The average Bonchev–Trinajstić information content (AvgIpc) is 3.41. The molecule has 0 aromatic carbocycles. The molecule has 3 aromatic heterocycles. The molecule has 1 unspecified atom stereocenters. The molecular weight excluding hydrogens is 376 g/mol. The zero-order chi connectivity index (χ0) is 18.1.